The third kappa shape index (κ3) is 7.46. The summed E-state index contributed by atoms with van der Waals surface area (Å²) in [4.78, 5) is 20.5. The molecule has 0 saturated carbocycles. The summed E-state index contributed by atoms with van der Waals surface area (Å²) in [5.41, 5.74) is 6.05. The fourth-order valence-electron chi connectivity index (χ4n) is 6.97. The maximum Gasteiger partial charge on any atom is 0.195 e. The highest BCUT2D eigenvalue weighted by atomic mass is 32.1. The number of piperidine rings is 1. The van der Waals surface area contributed by atoms with E-state index in [1.54, 1.807) is 18.4 Å². The first-order valence-corrected chi connectivity index (χ1v) is 18.0. The standard InChI is InChI=1S/C41H44N2O3S/c1-45-37-26-33(16-17-34(37)28-43-23-8-9-24-43)40(44)39-36-19-18-35(46-29-31-10-4-2-5-11-31)27-38(36)47-41(39)32-14-12-30(13-15-32)20-25-42-21-6-3-7-22-42/h2,4-5,10-19,26-27H,3,6-9,20-25,28-29H2,1H3. The molecule has 0 unspecified atom stereocenters. The summed E-state index contributed by atoms with van der Waals surface area (Å²) in [6.45, 7) is 7.11. The van der Waals surface area contributed by atoms with Gasteiger partial charge in [0.1, 0.15) is 18.1 Å². The van der Waals surface area contributed by atoms with Crippen LogP contribution in [0.3, 0.4) is 0 Å². The smallest absolute Gasteiger partial charge is 0.195 e. The minimum absolute atomic E-state index is 0.0180. The fraction of sp³-hybridized carbons (Fsp3) is 0.341. The molecule has 0 radical (unpaired) electrons. The number of methoxy groups -OCH3 is 1. The molecule has 7 rings (SSSR count). The highest BCUT2D eigenvalue weighted by Crippen LogP contribution is 2.42. The van der Waals surface area contributed by atoms with Crippen molar-refractivity contribution in [2.45, 2.75) is 51.7 Å². The lowest BCUT2D eigenvalue weighted by Gasteiger charge is -2.26. The summed E-state index contributed by atoms with van der Waals surface area (Å²) >= 11 is 1.67. The van der Waals surface area contributed by atoms with Crippen LogP contribution in [0.1, 0.15) is 64.7 Å². The second kappa shape index (κ2) is 14.8. The zero-order valence-electron chi connectivity index (χ0n) is 27.4. The van der Waals surface area contributed by atoms with Gasteiger partial charge in [-0.1, -0.05) is 73.2 Å². The number of carbonyl (C=O) groups excluding carboxylic acids is 1. The van der Waals surface area contributed by atoms with E-state index in [4.69, 9.17) is 9.47 Å². The third-order valence-corrected chi connectivity index (χ3v) is 10.9. The number of ketones is 1. The van der Waals surface area contributed by atoms with E-state index >= 15 is 0 Å². The number of rotatable bonds is 12. The number of fused-ring (bicyclic) bond motifs is 1. The van der Waals surface area contributed by atoms with Crippen LogP contribution in [-0.2, 0) is 19.6 Å². The van der Waals surface area contributed by atoms with Crippen molar-refractivity contribution in [1.82, 2.24) is 9.80 Å². The van der Waals surface area contributed by atoms with Gasteiger partial charge in [-0.3, -0.25) is 9.69 Å². The minimum Gasteiger partial charge on any atom is -0.496 e. The molecule has 0 aliphatic carbocycles. The Kier molecular flexibility index (Phi) is 9.99. The molecule has 0 N–H and O–H groups in total. The molecular formula is C41H44N2O3S. The van der Waals surface area contributed by atoms with Crippen LogP contribution >= 0.6 is 11.3 Å². The topological polar surface area (TPSA) is 42.0 Å². The number of nitrogens with zero attached hydrogens (tertiary/aromatic N) is 2. The Hall–Kier alpha value is -3.97. The van der Waals surface area contributed by atoms with Gasteiger partial charge in [-0.15, -0.1) is 11.3 Å². The van der Waals surface area contributed by atoms with Crippen LogP contribution in [0.2, 0.25) is 0 Å². The lowest BCUT2D eigenvalue weighted by molar-refractivity contribution is 0.104. The van der Waals surface area contributed by atoms with Gasteiger partial charge in [0.25, 0.3) is 0 Å². The summed E-state index contributed by atoms with van der Waals surface area (Å²) in [5.74, 6) is 1.59. The van der Waals surface area contributed by atoms with Gasteiger partial charge in [-0.2, -0.15) is 0 Å². The molecule has 0 spiro atoms. The van der Waals surface area contributed by atoms with Gasteiger partial charge in [-0.05, 0) is 99.2 Å². The number of hydrogen-bond acceptors (Lipinski definition) is 6. The summed E-state index contributed by atoms with van der Waals surface area (Å²) in [5, 5.41) is 0.955. The van der Waals surface area contributed by atoms with Crippen LogP contribution < -0.4 is 9.47 Å². The maximum absolute atomic E-state index is 14.5. The van der Waals surface area contributed by atoms with Gasteiger partial charge in [0, 0.05) is 44.7 Å². The number of hydrogen-bond donors (Lipinski definition) is 0. The predicted molar refractivity (Wildman–Crippen MR) is 193 cm³/mol. The van der Waals surface area contributed by atoms with Crippen molar-refractivity contribution >= 4 is 27.2 Å². The second-order valence-corrected chi connectivity index (χ2v) is 14.0. The van der Waals surface area contributed by atoms with Crippen LogP contribution in [0.15, 0.2) is 91.0 Å². The Balaban J connectivity index is 1.20. The van der Waals surface area contributed by atoms with Crippen molar-refractivity contribution in [3.63, 3.8) is 0 Å². The average molecular weight is 645 g/mol. The van der Waals surface area contributed by atoms with E-state index in [-0.39, 0.29) is 5.78 Å². The van der Waals surface area contributed by atoms with Gasteiger partial charge < -0.3 is 14.4 Å². The van der Waals surface area contributed by atoms with E-state index in [0.29, 0.717) is 12.2 Å². The number of benzene rings is 4. The van der Waals surface area contributed by atoms with E-state index in [1.165, 1.54) is 50.8 Å². The van der Waals surface area contributed by atoms with Crippen LogP contribution in [0, 0.1) is 0 Å². The summed E-state index contributed by atoms with van der Waals surface area (Å²) in [7, 11) is 1.70. The van der Waals surface area contributed by atoms with E-state index in [2.05, 4.69) is 64.4 Å². The first-order valence-electron chi connectivity index (χ1n) is 17.1. The Morgan fingerprint density at radius 2 is 1.51 bits per heavy atom. The SMILES string of the molecule is COc1cc(C(=O)c2c(-c3ccc(CCN4CCCCC4)cc3)sc3cc(OCc4ccccc4)ccc23)ccc1CN1CCCC1. The van der Waals surface area contributed by atoms with E-state index in [1.807, 2.05) is 36.4 Å². The minimum atomic E-state index is 0.0180. The first kappa shape index (κ1) is 31.6. The molecule has 2 aliphatic rings. The largest absolute Gasteiger partial charge is 0.496 e. The summed E-state index contributed by atoms with van der Waals surface area (Å²) in [6.07, 6.45) is 7.51. The van der Waals surface area contributed by atoms with Crippen molar-refractivity contribution < 1.29 is 14.3 Å². The molecule has 5 nitrogen and oxygen atoms in total. The second-order valence-electron chi connectivity index (χ2n) is 12.9. The predicted octanol–water partition coefficient (Wildman–Crippen LogP) is 9.01. The molecule has 2 aliphatic heterocycles. The molecule has 0 bridgehead atoms. The third-order valence-electron chi connectivity index (χ3n) is 9.66. The fourth-order valence-corrected chi connectivity index (χ4v) is 8.21. The molecule has 6 heteroatoms. The van der Waals surface area contributed by atoms with E-state index in [9.17, 15) is 4.79 Å². The lowest BCUT2D eigenvalue weighted by atomic mass is 9.96. The Labute approximate surface area is 282 Å². The zero-order valence-corrected chi connectivity index (χ0v) is 28.2. The van der Waals surface area contributed by atoms with Crippen molar-refractivity contribution in [3.8, 4) is 21.9 Å². The quantitative estimate of drug-likeness (QED) is 0.127. The van der Waals surface area contributed by atoms with Gasteiger partial charge in [-0.25, -0.2) is 0 Å². The molecule has 4 aromatic carbocycles. The van der Waals surface area contributed by atoms with Gasteiger partial charge >= 0.3 is 0 Å². The number of ether oxygens (including phenoxy) is 2. The molecule has 0 amide bonds. The Morgan fingerprint density at radius 3 is 2.28 bits per heavy atom. The molecule has 47 heavy (non-hydrogen) atoms. The Morgan fingerprint density at radius 1 is 0.766 bits per heavy atom. The van der Waals surface area contributed by atoms with Crippen molar-refractivity contribution in [3.05, 3.63) is 119 Å². The summed E-state index contributed by atoms with van der Waals surface area (Å²) in [6, 6.07) is 31.2. The molecule has 2 saturated heterocycles. The Bertz CT molecular complexity index is 1800. The van der Waals surface area contributed by atoms with Crippen LogP contribution in [-0.4, -0.2) is 55.4 Å². The van der Waals surface area contributed by atoms with Gasteiger partial charge in [0.2, 0.25) is 0 Å². The monoisotopic (exact) mass is 644 g/mol. The zero-order chi connectivity index (χ0) is 32.0. The molecular weight excluding hydrogens is 601 g/mol. The molecule has 5 aromatic rings. The molecule has 3 heterocycles. The van der Waals surface area contributed by atoms with Crippen molar-refractivity contribution in [2.24, 2.45) is 0 Å². The number of carbonyl (C=O) groups is 1. The highest BCUT2D eigenvalue weighted by Gasteiger charge is 2.24. The number of thiophene rings is 1. The van der Waals surface area contributed by atoms with E-state index in [0.717, 1.165) is 81.3 Å². The van der Waals surface area contributed by atoms with Gasteiger partial charge in [0.15, 0.2) is 5.78 Å². The first-order chi connectivity index (χ1) is 23.1. The number of likely N-dealkylation sites (tertiary alicyclic amines) is 2. The highest BCUT2D eigenvalue weighted by molar-refractivity contribution is 7.22. The normalized spacial score (nSPS) is 15.7. The van der Waals surface area contributed by atoms with Gasteiger partial charge in [0.05, 0.1) is 7.11 Å². The van der Waals surface area contributed by atoms with E-state index < -0.39 is 0 Å². The molecule has 2 fully saturated rings. The maximum atomic E-state index is 14.5. The lowest BCUT2D eigenvalue weighted by Crippen LogP contribution is -2.31. The molecule has 242 valence electrons. The van der Waals surface area contributed by atoms with Crippen molar-refractivity contribution in [1.29, 1.82) is 0 Å². The van der Waals surface area contributed by atoms with Crippen LogP contribution in [0.5, 0.6) is 11.5 Å². The van der Waals surface area contributed by atoms with Crippen LogP contribution in [0.25, 0.3) is 20.5 Å². The molecule has 0 atom stereocenters. The molecule has 1 aromatic heterocycles. The van der Waals surface area contributed by atoms with Crippen molar-refractivity contribution in [2.75, 3.05) is 39.8 Å². The average Bonchev–Trinajstić information content (AvgIpc) is 3.78. The van der Waals surface area contributed by atoms with Crippen LogP contribution in [0.4, 0.5) is 0 Å². The summed E-state index contributed by atoms with van der Waals surface area (Å²) < 4.78 is 13.1.